The average molecular weight is 471 g/mol. The minimum Gasteiger partial charge on any atom is -0.352 e. The summed E-state index contributed by atoms with van der Waals surface area (Å²) < 4.78 is 0.963. The molecule has 1 aliphatic rings. The fourth-order valence-corrected chi connectivity index (χ4v) is 4.51. The summed E-state index contributed by atoms with van der Waals surface area (Å²) in [5.74, 6) is -0.0936. The molecule has 0 spiro atoms. The molecule has 0 aliphatic heterocycles. The minimum absolute atomic E-state index is 0.0299. The van der Waals surface area contributed by atoms with Crippen molar-refractivity contribution in [2.24, 2.45) is 0 Å². The number of hydrogen-bond donors (Lipinski definition) is 1. The molecule has 0 saturated heterocycles. The Hall–Kier alpha value is -2.14. The van der Waals surface area contributed by atoms with E-state index in [2.05, 4.69) is 33.4 Å². The Morgan fingerprint density at radius 1 is 1.13 bits per heavy atom. The maximum absolute atomic E-state index is 13.4. The predicted octanol–water partition coefficient (Wildman–Crippen LogP) is 5.08. The molecule has 1 aliphatic carbocycles. The molecular formula is C25H31BrN2O2. The van der Waals surface area contributed by atoms with Crippen LogP contribution in [0.25, 0.3) is 0 Å². The van der Waals surface area contributed by atoms with Gasteiger partial charge in [-0.3, -0.25) is 9.59 Å². The summed E-state index contributed by atoms with van der Waals surface area (Å²) in [6.45, 7) is 6.30. The highest BCUT2D eigenvalue weighted by atomic mass is 79.9. The number of nitrogens with zero attached hydrogens (tertiary/aromatic N) is 1. The van der Waals surface area contributed by atoms with Crippen molar-refractivity contribution in [2.45, 2.75) is 71.5 Å². The van der Waals surface area contributed by atoms with Crippen molar-refractivity contribution in [1.29, 1.82) is 0 Å². The van der Waals surface area contributed by atoms with Crippen molar-refractivity contribution in [3.8, 4) is 0 Å². The molecule has 1 saturated carbocycles. The highest BCUT2D eigenvalue weighted by Gasteiger charge is 2.28. The van der Waals surface area contributed by atoms with Crippen molar-refractivity contribution in [1.82, 2.24) is 10.2 Å². The van der Waals surface area contributed by atoms with E-state index in [1.54, 1.807) is 4.90 Å². The summed E-state index contributed by atoms with van der Waals surface area (Å²) in [5.41, 5.74) is 4.25. The second-order valence-electron chi connectivity index (χ2n) is 8.42. The van der Waals surface area contributed by atoms with Crippen molar-refractivity contribution in [3.63, 3.8) is 0 Å². The van der Waals surface area contributed by atoms with Crippen LogP contribution in [-0.2, 0) is 22.6 Å². The van der Waals surface area contributed by atoms with E-state index in [9.17, 15) is 9.59 Å². The molecule has 0 heterocycles. The topological polar surface area (TPSA) is 49.4 Å². The molecule has 30 heavy (non-hydrogen) atoms. The largest absolute Gasteiger partial charge is 0.352 e. The lowest BCUT2D eigenvalue weighted by atomic mass is 10.0. The van der Waals surface area contributed by atoms with Crippen molar-refractivity contribution >= 4 is 27.7 Å². The Balaban J connectivity index is 1.80. The first-order chi connectivity index (χ1) is 14.3. The maximum atomic E-state index is 13.4. The number of halogens is 1. The minimum atomic E-state index is -0.526. The van der Waals surface area contributed by atoms with Crippen molar-refractivity contribution in [3.05, 3.63) is 69.2 Å². The van der Waals surface area contributed by atoms with Gasteiger partial charge in [0, 0.05) is 17.1 Å². The first-order valence-electron chi connectivity index (χ1n) is 10.7. The van der Waals surface area contributed by atoms with Crippen LogP contribution in [0.2, 0.25) is 0 Å². The van der Waals surface area contributed by atoms with E-state index in [0.29, 0.717) is 13.0 Å². The molecule has 0 bridgehead atoms. The van der Waals surface area contributed by atoms with E-state index >= 15 is 0 Å². The van der Waals surface area contributed by atoms with Gasteiger partial charge in [-0.05, 0) is 62.4 Å². The quantitative estimate of drug-likeness (QED) is 0.612. The summed E-state index contributed by atoms with van der Waals surface area (Å²) in [5, 5.41) is 3.15. The first kappa shape index (κ1) is 22.5. The summed E-state index contributed by atoms with van der Waals surface area (Å²) in [4.78, 5) is 28.1. The molecule has 2 amide bonds. The third-order valence-corrected chi connectivity index (χ3v) is 6.45. The molecule has 1 fully saturated rings. The monoisotopic (exact) mass is 470 g/mol. The van der Waals surface area contributed by atoms with Crippen molar-refractivity contribution in [2.75, 3.05) is 0 Å². The van der Waals surface area contributed by atoms with E-state index in [1.807, 2.05) is 51.1 Å². The Labute approximate surface area is 188 Å². The van der Waals surface area contributed by atoms with Crippen LogP contribution in [-0.4, -0.2) is 28.8 Å². The third kappa shape index (κ3) is 5.94. The summed E-state index contributed by atoms with van der Waals surface area (Å²) in [6, 6.07) is 13.8. The summed E-state index contributed by atoms with van der Waals surface area (Å²) >= 11 is 3.50. The molecule has 4 nitrogen and oxygen atoms in total. The van der Waals surface area contributed by atoms with Gasteiger partial charge >= 0.3 is 0 Å². The molecule has 160 valence electrons. The van der Waals surface area contributed by atoms with Crippen LogP contribution >= 0.6 is 15.9 Å². The van der Waals surface area contributed by atoms with Gasteiger partial charge in [-0.15, -0.1) is 0 Å². The Bertz CT molecular complexity index is 906. The van der Waals surface area contributed by atoms with E-state index in [1.165, 1.54) is 0 Å². The molecular weight excluding hydrogens is 440 g/mol. The normalized spacial score (nSPS) is 15.1. The predicted molar refractivity (Wildman–Crippen MR) is 124 cm³/mol. The molecule has 1 unspecified atom stereocenters. The van der Waals surface area contributed by atoms with Crippen LogP contribution in [0.15, 0.2) is 46.9 Å². The molecule has 0 radical (unpaired) electrons. The SMILES string of the molecule is Cc1ccc(C)c(CC(=O)N(Cc2cccc(Br)c2)C(C)C(=O)NC2CCCC2)c1. The van der Waals surface area contributed by atoms with E-state index in [0.717, 1.165) is 52.4 Å². The van der Waals surface area contributed by atoms with Gasteiger partial charge in [0.15, 0.2) is 0 Å². The highest BCUT2D eigenvalue weighted by molar-refractivity contribution is 9.10. The van der Waals surface area contributed by atoms with Gasteiger partial charge in [-0.1, -0.05) is 64.7 Å². The molecule has 3 rings (SSSR count). The molecule has 1 atom stereocenters. The summed E-state index contributed by atoms with van der Waals surface area (Å²) in [6.07, 6.45) is 4.67. The zero-order valence-corrected chi connectivity index (χ0v) is 19.7. The second kappa shape index (κ2) is 10.3. The van der Waals surface area contributed by atoms with Crippen LogP contribution in [0.3, 0.4) is 0 Å². The second-order valence-corrected chi connectivity index (χ2v) is 9.34. The number of rotatable bonds is 7. The fourth-order valence-electron chi connectivity index (χ4n) is 4.06. The van der Waals surface area contributed by atoms with Gasteiger partial charge in [0.1, 0.15) is 6.04 Å². The van der Waals surface area contributed by atoms with Crippen LogP contribution in [0.5, 0.6) is 0 Å². The van der Waals surface area contributed by atoms with Crippen LogP contribution in [0.4, 0.5) is 0 Å². The Kier molecular flexibility index (Phi) is 7.70. The fraction of sp³-hybridized carbons (Fsp3) is 0.440. The lowest BCUT2D eigenvalue weighted by Gasteiger charge is -2.30. The van der Waals surface area contributed by atoms with Crippen molar-refractivity contribution < 1.29 is 9.59 Å². The lowest BCUT2D eigenvalue weighted by molar-refractivity contribution is -0.140. The number of carbonyl (C=O) groups excluding carboxylic acids is 2. The van der Waals surface area contributed by atoms with Gasteiger partial charge in [0.05, 0.1) is 6.42 Å². The zero-order chi connectivity index (χ0) is 21.7. The van der Waals surface area contributed by atoms with E-state index in [4.69, 9.17) is 0 Å². The van der Waals surface area contributed by atoms with Gasteiger partial charge in [-0.25, -0.2) is 0 Å². The van der Waals surface area contributed by atoms with Gasteiger partial charge in [-0.2, -0.15) is 0 Å². The number of aryl methyl sites for hydroxylation is 2. The first-order valence-corrected chi connectivity index (χ1v) is 11.5. The molecule has 2 aromatic carbocycles. The van der Waals surface area contributed by atoms with Gasteiger partial charge in [0.2, 0.25) is 11.8 Å². The highest BCUT2D eigenvalue weighted by Crippen LogP contribution is 2.20. The van der Waals surface area contributed by atoms with Crippen LogP contribution < -0.4 is 5.32 Å². The number of carbonyl (C=O) groups is 2. The molecule has 1 N–H and O–H groups in total. The van der Waals surface area contributed by atoms with Gasteiger partial charge in [0.25, 0.3) is 0 Å². The van der Waals surface area contributed by atoms with Crippen LogP contribution in [0, 0.1) is 13.8 Å². The summed E-state index contributed by atoms with van der Waals surface area (Å²) in [7, 11) is 0. The number of benzene rings is 2. The number of hydrogen-bond acceptors (Lipinski definition) is 2. The standard InChI is InChI=1S/C25H31BrN2O2/c1-17-11-12-18(2)21(13-17)15-24(29)28(16-20-7-6-8-22(26)14-20)19(3)25(30)27-23-9-4-5-10-23/h6-8,11-14,19,23H,4-5,9-10,15-16H2,1-3H3,(H,27,30). The maximum Gasteiger partial charge on any atom is 0.242 e. The van der Waals surface area contributed by atoms with Gasteiger partial charge < -0.3 is 10.2 Å². The van der Waals surface area contributed by atoms with E-state index in [-0.39, 0.29) is 17.9 Å². The smallest absolute Gasteiger partial charge is 0.242 e. The number of nitrogens with one attached hydrogen (secondary N) is 1. The van der Waals surface area contributed by atoms with E-state index < -0.39 is 6.04 Å². The zero-order valence-electron chi connectivity index (χ0n) is 18.1. The molecule has 2 aromatic rings. The van der Waals surface area contributed by atoms with Crippen LogP contribution in [0.1, 0.15) is 54.9 Å². The molecule has 5 heteroatoms. The Morgan fingerprint density at radius 3 is 2.57 bits per heavy atom. The average Bonchev–Trinajstić information content (AvgIpc) is 3.21. The lowest BCUT2D eigenvalue weighted by Crippen LogP contribution is -2.50. The third-order valence-electron chi connectivity index (χ3n) is 5.96. The number of amides is 2. The molecule has 0 aromatic heterocycles. The Morgan fingerprint density at radius 2 is 1.87 bits per heavy atom.